The van der Waals surface area contributed by atoms with Crippen LogP contribution >= 0.6 is 24.8 Å². The molecular weight excluding hydrogens is 351 g/mol. The van der Waals surface area contributed by atoms with Crippen LogP contribution < -0.4 is 11.1 Å². The van der Waals surface area contributed by atoms with E-state index in [0.717, 1.165) is 42.0 Å². The monoisotopic (exact) mass is 374 g/mol. The van der Waals surface area contributed by atoms with E-state index in [1.54, 1.807) is 0 Å². The Hall–Kier alpha value is -1.34. The lowest BCUT2D eigenvalue weighted by Crippen LogP contribution is -2.34. The van der Waals surface area contributed by atoms with Crippen LogP contribution in [0, 0.1) is 5.92 Å². The molecule has 1 aromatic heterocycles. The normalized spacial score (nSPS) is 19.2. The molecule has 1 aliphatic heterocycles. The van der Waals surface area contributed by atoms with Gasteiger partial charge < -0.3 is 20.8 Å². The highest BCUT2D eigenvalue weighted by Crippen LogP contribution is 2.28. The van der Waals surface area contributed by atoms with Crippen molar-refractivity contribution in [3.05, 3.63) is 24.0 Å². The summed E-state index contributed by atoms with van der Waals surface area (Å²) in [5.74, 6) is 0.549. The zero-order chi connectivity index (χ0) is 15.7. The van der Waals surface area contributed by atoms with Crippen LogP contribution in [0.3, 0.4) is 0 Å². The van der Waals surface area contributed by atoms with Crippen molar-refractivity contribution in [2.24, 2.45) is 11.7 Å². The molecule has 1 aromatic carbocycles. The SMILES string of the molecule is CC(N)C(C)C(=O)Nc1ccc2nc(C3CCCO3)[nH]c2c1.Cl.Cl. The summed E-state index contributed by atoms with van der Waals surface area (Å²) >= 11 is 0. The van der Waals surface area contributed by atoms with Gasteiger partial charge in [0.15, 0.2) is 0 Å². The third-order valence-electron chi connectivity index (χ3n) is 4.20. The number of anilines is 1. The number of hydrogen-bond acceptors (Lipinski definition) is 4. The van der Waals surface area contributed by atoms with Gasteiger partial charge in [-0.15, -0.1) is 24.8 Å². The predicted molar refractivity (Wildman–Crippen MR) is 100.0 cm³/mol. The molecule has 1 fully saturated rings. The first-order valence-corrected chi connectivity index (χ1v) is 7.72. The molecule has 0 bridgehead atoms. The molecule has 0 aliphatic carbocycles. The first-order chi connectivity index (χ1) is 10.5. The van der Waals surface area contributed by atoms with E-state index in [0.29, 0.717) is 0 Å². The Morgan fingerprint density at radius 3 is 2.79 bits per heavy atom. The summed E-state index contributed by atoms with van der Waals surface area (Å²) in [5, 5.41) is 2.90. The Morgan fingerprint density at radius 1 is 1.42 bits per heavy atom. The molecule has 24 heavy (non-hydrogen) atoms. The minimum Gasteiger partial charge on any atom is -0.370 e. The highest BCUT2D eigenvalue weighted by Gasteiger charge is 2.21. The average Bonchev–Trinajstić information content (AvgIpc) is 3.14. The minimum atomic E-state index is -0.236. The third-order valence-corrected chi connectivity index (χ3v) is 4.20. The summed E-state index contributed by atoms with van der Waals surface area (Å²) < 4.78 is 5.64. The second-order valence-electron chi connectivity index (χ2n) is 5.99. The van der Waals surface area contributed by atoms with Crippen molar-refractivity contribution in [3.8, 4) is 0 Å². The maximum Gasteiger partial charge on any atom is 0.228 e. The van der Waals surface area contributed by atoms with Crippen molar-refractivity contribution < 1.29 is 9.53 Å². The number of benzene rings is 1. The summed E-state index contributed by atoms with van der Waals surface area (Å²) in [6, 6.07) is 5.47. The van der Waals surface area contributed by atoms with Gasteiger partial charge in [0.2, 0.25) is 5.91 Å². The molecule has 0 radical (unpaired) electrons. The number of ether oxygens (including phenoxy) is 1. The molecule has 8 heteroatoms. The molecule has 0 saturated carbocycles. The standard InChI is InChI=1S/C16H22N4O2.2ClH/c1-9(10(2)17)16(21)18-11-5-6-12-13(8-11)20-15(19-12)14-4-3-7-22-14;;/h5-6,8-10,14H,3-4,7,17H2,1-2H3,(H,18,21)(H,19,20);2*1H. The molecule has 3 rings (SSSR count). The van der Waals surface area contributed by atoms with Crippen LogP contribution in [-0.4, -0.2) is 28.5 Å². The highest BCUT2D eigenvalue weighted by molar-refractivity contribution is 5.94. The lowest BCUT2D eigenvalue weighted by atomic mass is 10.0. The average molecular weight is 375 g/mol. The number of carbonyl (C=O) groups excluding carboxylic acids is 1. The van der Waals surface area contributed by atoms with Crippen LogP contribution in [0.4, 0.5) is 5.69 Å². The minimum absolute atomic E-state index is 0. The van der Waals surface area contributed by atoms with Gasteiger partial charge in [-0.3, -0.25) is 4.79 Å². The van der Waals surface area contributed by atoms with Gasteiger partial charge in [0.05, 0.1) is 17.0 Å². The number of aromatic amines is 1. The van der Waals surface area contributed by atoms with E-state index in [4.69, 9.17) is 10.5 Å². The number of carbonyl (C=O) groups is 1. The van der Waals surface area contributed by atoms with Crippen molar-refractivity contribution in [2.75, 3.05) is 11.9 Å². The molecule has 2 heterocycles. The van der Waals surface area contributed by atoms with Crippen LogP contribution in [0.15, 0.2) is 18.2 Å². The molecule has 3 atom stereocenters. The van der Waals surface area contributed by atoms with Gasteiger partial charge in [-0.2, -0.15) is 0 Å². The Kier molecular flexibility index (Phi) is 7.48. The molecule has 1 saturated heterocycles. The third kappa shape index (κ3) is 4.39. The number of amides is 1. The Bertz CT molecular complexity index is 684. The Labute approximate surface area is 153 Å². The topological polar surface area (TPSA) is 93.0 Å². The van der Waals surface area contributed by atoms with Crippen LogP contribution in [0.5, 0.6) is 0 Å². The van der Waals surface area contributed by atoms with E-state index in [9.17, 15) is 4.79 Å². The molecule has 6 nitrogen and oxygen atoms in total. The largest absolute Gasteiger partial charge is 0.370 e. The highest BCUT2D eigenvalue weighted by atomic mass is 35.5. The fourth-order valence-electron chi connectivity index (χ4n) is 2.55. The zero-order valence-corrected chi connectivity index (χ0v) is 15.4. The summed E-state index contributed by atoms with van der Waals surface area (Å²) in [5.41, 5.74) is 8.28. The molecule has 1 aliphatic rings. The number of H-pyrrole nitrogens is 1. The maximum absolute atomic E-state index is 12.1. The summed E-state index contributed by atoms with van der Waals surface area (Å²) in [6.45, 7) is 4.44. The first kappa shape index (κ1) is 20.7. The van der Waals surface area contributed by atoms with Crippen molar-refractivity contribution >= 4 is 47.4 Å². The zero-order valence-electron chi connectivity index (χ0n) is 13.7. The summed E-state index contributed by atoms with van der Waals surface area (Å²) in [7, 11) is 0. The Morgan fingerprint density at radius 2 is 2.17 bits per heavy atom. The number of hydrogen-bond donors (Lipinski definition) is 3. The van der Waals surface area contributed by atoms with Crippen molar-refractivity contribution in [3.63, 3.8) is 0 Å². The molecule has 1 amide bonds. The Balaban J connectivity index is 0.00000144. The summed E-state index contributed by atoms with van der Waals surface area (Å²) in [4.78, 5) is 19.9. The van der Waals surface area contributed by atoms with Gasteiger partial charge in [-0.05, 0) is 38.0 Å². The van der Waals surface area contributed by atoms with Crippen molar-refractivity contribution in [1.29, 1.82) is 0 Å². The number of fused-ring (bicyclic) bond motifs is 1. The van der Waals surface area contributed by atoms with Gasteiger partial charge in [-0.1, -0.05) is 6.92 Å². The lowest BCUT2D eigenvalue weighted by molar-refractivity contribution is -0.119. The number of imidazole rings is 1. The number of nitrogens with zero attached hydrogens (tertiary/aromatic N) is 1. The van der Waals surface area contributed by atoms with E-state index in [1.807, 2.05) is 32.0 Å². The van der Waals surface area contributed by atoms with Gasteiger partial charge in [0.1, 0.15) is 11.9 Å². The molecule has 134 valence electrons. The van der Waals surface area contributed by atoms with Crippen LogP contribution in [0.25, 0.3) is 11.0 Å². The fourth-order valence-corrected chi connectivity index (χ4v) is 2.55. The van der Waals surface area contributed by atoms with Crippen LogP contribution in [0.1, 0.15) is 38.6 Å². The van der Waals surface area contributed by atoms with Crippen molar-refractivity contribution in [2.45, 2.75) is 38.8 Å². The van der Waals surface area contributed by atoms with Crippen LogP contribution in [0.2, 0.25) is 0 Å². The molecule has 0 spiro atoms. The van der Waals surface area contributed by atoms with E-state index >= 15 is 0 Å². The second-order valence-corrected chi connectivity index (χ2v) is 5.99. The molecule has 4 N–H and O–H groups in total. The van der Waals surface area contributed by atoms with E-state index in [-0.39, 0.29) is 48.8 Å². The number of halogens is 2. The fraction of sp³-hybridized carbons (Fsp3) is 0.500. The number of nitrogens with one attached hydrogen (secondary N) is 2. The molecular formula is C16H24Cl2N4O2. The number of aromatic nitrogens is 2. The summed E-state index contributed by atoms with van der Waals surface area (Å²) in [6.07, 6.45) is 2.12. The van der Waals surface area contributed by atoms with Crippen molar-refractivity contribution in [1.82, 2.24) is 9.97 Å². The van der Waals surface area contributed by atoms with Gasteiger partial charge in [0, 0.05) is 18.3 Å². The van der Waals surface area contributed by atoms with Gasteiger partial charge in [-0.25, -0.2) is 4.98 Å². The molecule has 2 aromatic rings. The van der Waals surface area contributed by atoms with Crippen LogP contribution in [-0.2, 0) is 9.53 Å². The molecule has 3 unspecified atom stereocenters. The lowest BCUT2D eigenvalue weighted by Gasteiger charge is -2.15. The predicted octanol–water partition coefficient (Wildman–Crippen LogP) is 3.18. The smallest absolute Gasteiger partial charge is 0.228 e. The van der Waals surface area contributed by atoms with Gasteiger partial charge >= 0.3 is 0 Å². The quantitative estimate of drug-likeness (QED) is 0.765. The van der Waals surface area contributed by atoms with Gasteiger partial charge in [0.25, 0.3) is 0 Å². The number of rotatable bonds is 4. The van der Waals surface area contributed by atoms with E-state index in [2.05, 4.69) is 15.3 Å². The number of nitrogens with two attached hydrogens (primary N) is 1. The van der Waals surface area contributed by atoms with E-state index < -0.39 is 0 Å². The first-order valence-electron chi connectivity index (χ1n) is 7.72. The maximum atomic E-state index is 12.1. The van der Waals surface area contributed by atoms with E-state index in [1.165, 1.54) is 0 Å². The second kappa shape index (κ2) is 8.67.